The maximum atomic E-state index is 12.0. The first-order chi connectivity index (χ1) is 8.99. The molecule has 0 radical (unpaired) electrons. The van der Waals surface area contributed by atoms with Crippen molar-refractivity contribution in [2.24, 2.45) is 0 Å². The van der Waals surface area contributed by atoms with Crippen LogP contribution in [-0.2, 0) is 11.2 Å². The number of rotatable bonds is 3. The minimum absolute atomic E-state index is 0.0537. The van der Waals surface area contributed by atoms with Crippen molar-refractivity contribution in [2.45, 2.75) is 18.6 Å². The average Bonchev–Trinajstić information content (AvgIpc) is 2.70. The molecule has 1 aliphatic heterocycles. The Morgan fingerprint density at radius 1 is 1.16 bits per heavy atom. The maximum absolute atomic E-state index is 12.0. The van der Waals surface area contributed by atoms with Crippen LogP contribution in [0.4, 0.5) is 0 Å². The molecule has 1 aliphatic rings. The number of aromatic carboxylic acids is 1. The maximum Gasteiger partial charge on any atom is 0.335 e. The first kappa shape index (κ1) is 13.5. The van der Waals surface area contributed by atoms with Crippen molar-refractivity contribution in [3.8, 4) is 0 Å². The molecule has 0 saturated carbocycles. The summed E-state index contributed by atoms with van der Waals surface area (Å²) in [7, 11) is 0. The fourth-order valence-corrected chi connectivity index (χ4v) is 2.13. The zero-order valence-electron chi connectivity index (χ0n) is 10.2. The van der Waals surface area contributed by atoms with E-state index in [4.69, 9.17) is 5.11 Å². The van der Waals surface area contributed by atoms with Crippen molar-refractivity contribution in [3.05, 3.63) is 35.4 Å². The van der Waals surface area contributed by atoms with Gasteiger partial charge in [0.15, 0.2) is 0 Å². The average molecular weight is 265 g/mol. The Balaban J connectivity index is 2.10. The van der Waals surface area contributed by atoms with Crippen LogP contribution < -0.4 is 0 Å². The lowest BCUT2D eigenvalue weighted by molar-refractivity contribution is -0.129. The molecule has 0 aliphatic carbocycles. The number of likely N-dealkylation sites (tertiary alicyclic amines) is 1. The van der Waals surface area contributed by atoms with Gasteiger partial charge in [-0.1, -0.05) is 18.2 Å². The highest BCUT2D eigenvalue weighted by Crippen LogP contribution is 2.15. The van der Waals surface area contributed by atoms with Crippen LogP contribution in [0.25, 0.3) is 0 Å². The van der Waals surface area contributed by atoms with Gasteiger partial charge in [0.05, 0.1) is 24.2 Å². The van der Waals surface area contributed by atoms with Gasteiger partial charge >= 0.3 is 5.97 Å². The van der Waals surface area contributed by atoms with Gasteiger partial charge < -0.3 is 20.2 Å². The van der Waals surface area contributed by atoms with Crippen LogP contribution in [-0.4, -0.2) is 57.4 Å². The predicted molar refractivity (Wildman–Crippen MR) is 65.7 cm³/mol. The summed E-state index contributed by atoms with van der Waals surface area (Å²) < 4.78 is 0. The van der Waals surface area contributed by atoms with Gasteiger partial charge in [-0.25, -0.2) is 4.79 Å². The third-order valence-corrected chi connectivity index (χ3v) is 3.20. The summed E-state index contributed by atoms with van der Waals surface area (Å²) in [5.41, 5.74) is 0.520. The number of carboxylic acids is 1. The number of hydrogen-bond donors (Lipinski definition) is 3. The highest BCUT2D eigenvalue weighted by molar-refractivity contribution is 5.91. The number of carbonyl (C=O) groups excluding carboxylic acids is 1. The van der Waals surface area contributed by atoms with Gasteiger partial charge in [0, 0.05) is 13.1 Å². The molecule has 6 heteroatoms. The number of carbonyl (C=O) groups is 2. The van der Waals surface area contributed by atoms with Crippen molar-refractivity contribution in [1.82, 2.24) is 4.90 Å². The Morgan fingerprint density at radius 2 is 1.74 bits per heavy atom. The lowest BCUT2D eigenvalue weighted by atomic mass is 10.0. The molecular weight excluding hydrogens is 250 g/mol. The highest BCUT2D eigenvalue weighted by Gasteiger charge is 2.32. The monoisotopic (exact) mass is 265 g/mol. The van der Waals surface area contributed by atoms with E-state index < -0.39 is 18.2 Å². The van der Waals surface area contributed by atoms with E-state index >= 15 is 0 Å². The van der Waals surface area contributed by atoms with Crippen LogP contribution in [0.2, 0.25) is 0 Å². The zero-order chi connectivity index (χ0) is 14.0. The number of amides is 1. The van der Waals surface area contributed by atoms with Gasteiger partial charge in [0.25, 0.3) is 0 Å². The van der Waals surface area contributed by atoms with Crippen molar-refractivity contribution in [1.29, 1.82) is 0 Å². The first-order valence-electron chi connectivity index (χ1n) is 5.94. The summed E-state index contributed by atoms with van der Waals surface area (Å²) in [6, 6.07) is 6.30. The molecule has 0 spiro atoms. The molecule has 1 amide bonds. The Bertz CT molecular complexity index is 492. The number of aliphatic hydroxyl groups excluding tert-OH is 2. The minimum atomic E-state index is -1.08. The van der Waals surface area contributed by atoms with Crippen molar-refractivity contribution in [3.63, 3.8) is 0 Å². The van der Waals surface area contributed by atoms with E-state index in [2.05, 4.69) is 0 Å². The van der Waals surface area contributed by atoms with Gasteiger partial charge in [-0.15, -0.1) is 0 Å². The first-order valence-corrected chi connectivity index (χ1v) is 5.94. The molecule has 3 N–H and O–H groups in total. The molecule has 1 aromatic rings. The Labute approximate surface area is 109 Å². The number of hydrogen-bond acceptors (Lipinski definition) is 4. The lowest BCUT2D eigenvalue weighted by Crippen LogP contribution is -2.31. The molecule has 1 saturated heterocycles. The van der Waals surface area contributed by atoms with Gasteiger partial charge in [-0.2, -0.15) is 0 Å². The fraction of sp³-hybridized carbons (Fsp3) is 0.385. The second-order valence-corrected chi connectivity index (χ2v) is 4.57. The number of aliphatic hydroxyl groups is 2. The SMILES string of the molecule is O=C(O)c1ccccc1CC(=O)N1CC(O)C(O)C1. The quantitative estimate of drug-likeness (QED) is 0.684. The summed E-state index contributed by atoms with van der Waals surface area (Å²) in [5.74, 6) is -1.38. The second-order valence-electron chi connectivity index (χ2n) is 4.57. The molecule has 2 atom stereocenters. The fourth-order valence-electron chi connectivity index (χ4n) is 2.13. The lowest BCUT2D eigenvalue weighted by Gasteiger charge is -2.16. The summed E-state index contributed by atoms with van der Waals surface area (Å²) in [6.45, 7) is 0.157. The van der Waals surface area contributed by atoms with Crippen LogP contribution in [0.3, 0.4) is 0 Å². The summed E-state index contributed by atoms with van der Waals surface area (Å²) >= 11 is 0. The van der Waals surface area contributed by atoms with Gasteiger partial charge in [-0.3, -0.25) is 4.79 Å². The molecular formula is C13H15NO5. The van der Waals surface area contributed by atoms with Crippen molar-refractivity contribution < 1.29 is 24.9 Å². The van der Waals surface area contributed by atoms with Gasteiger partial charge in [-0.05, 0) is 11.6 Å². The summed E-state index contributed by atoms with van der Waals surface area (Å²) in [6.07, 6.45) is -1.92. The number of β-amino-alcohol motifs (C(OH)–C–C–N with tert-alkyl or cyclic N) is 2. The van der Waals surface area contributed by atoms with Crippen molar-refractivity contribution >= 4 is 11.9 Å². The van der Waals surface area contributed by atoms with E-state index in [-0.39, 0.29) is 31.0 Å². The van der Waals surface area contributed by atoms with Crippen LogP contribution in [0.5, 0.6) is 0 Å². The molecule has 2 unspecified atom stereocenters. The largest absolute Gasteiger partial charge is 0.478 e. The van der Waals surface area contributed by atoms with Crippen LogP contribution in [0, 0.1) is 0 Å². The molecule has 19 heavy (non-hydrogen) atoms. The van der Waals surface area contributed by atoms with E-state index in [0.29, 0.717) is 5.56 Å². The molecule has 6 nitrogen and oxygen atoms in total. The molecule has 1 fully saturated rings. The third kappa shape index (κ3) is 2.91. The summed E-state index contributed by atoms with van der Waals surface area (Å²) in [5, 5.41) is 27.8. The normalized spacial score (nSPS) is 22.5. The van der Waals surface area contributed by atoms with E-state index in [9.17, 15) is 19.8 Å². The zero-order valence-corrected chi connectivity index (χ0v) is 10.2. The van der Waals surface area contributed by atoms with Gasteiger partial charge in [0.2, 0.25) is 5.91 Å². The summed E-state index contributed by atoms with van der Waals surface area (Å²) in [4.78, 5) is 24.4. The number of nitrogens with zero attached hydrogens (tertiary/aromatic N) is 1. The van der Waals surface area contributed by atoms with E-state index in [1.165, 1.54) is 11.0 Å². The van der Waals surface area contributed by atoms with E-state index in [0.717, 1.165) is 0 Å². The van der Waals surface area contributed by atoms with E-state index in [1.807, 2.05) is 0 Å². The topological polar surface area (TPSA) is 98.1 Å². The molecule has 1 aromatic carbocycles. The minimum Gasteiger partial charge on any atom is -0.478 e. The van der Waals surface area contributed by atoms with Crippen LogP contribution in [0.15, 0.2) is 24.3 Å². The Kier molecular flexibility index (Phi) is 3.82. The molecule has 0 aromatic heterocycles. The second kappa shape index (κ2) is 5.38. The molecule has 2 rings (SSSR count). The van der Waals surface area contributed by atoms with Crippen LogP contribution in [0.1, 0.15) is 15.9 Å². The van der Waals surface area contributed by atoms with Crippen molar-refractivity contribution in [2.75, 3.05) is 13.1 Å². The molecule has 102 valence electrons. The third-order valence-electron chi connectivity index (χ3n) is 3.20. The predicted octanol–water partition coefficient (Wildman–Crippen LogP) is -0.509. The molecule has 0 bridgehead atoms. The van der Waals surface area contributed by atoms with Crippen LogP contribution >= 0.6 is 0 Å². The molecule has 1 heterocycles. The number of benzene rings is 1. The van der Waals surface area contributed by atoms with E-state index in [1.54, 1.807) is 18.2 Å². The number of carboxylic acid groups (broad SMARTS) is 1. The highest BCUT2D eigenvalue weighted by atomic mass is 16.4. The standard InChI is InChI=1S/C13H15NO5/c15-10-6-14(7-11(10)16)12(17)5-8-3-1-2-4-9(8)13(18)19/h1-4,10-11,15-16H,5-7H2,(H,18,19). The Morgan fingerprint density at radius 3 is 2.32 bits per heavy atom. The smallest absolute Gasteiger partial charge is 0.335 e. The van der Waals surface area contributed by atoms with Gasteiger partial charge in [0.1, 0.15) is 0 Å². The Hall–Kier alpha value is -1.92.